The zero-order valence-corrected chi connectivity index (χ0v) is 18.5. The van der Waals surface area contributed by atoms with Crippen LogP contribution in [0.15, 0.2) is 52.3 Å². The smallest absolute Gasteiger partial charge is 0.329 e. The second kappa shape index (κ2) is 10.9. The van der Waals surface area contributed by atoms with Gasteiger partial charge in [0.15, 0.2) is 5.96 Å². The average Bonchev–Trinajstić information content (AvgIpc) is 3.08. The standard InChI is InChI=1S/C22H25N7O6/c23-21(24)25-8-7-15-19(32)29(22(35)28-15)11-17(30)26-10-16(20(33)34)27-18(31)14-6-5-12-3-1-2-4-13(12)9-14/h1-6,9,16,32H,7-8,10-11H2,(H,26,30)(H,27,31)(H,28,35)(H,33,34)(H4,23,24,25). The minimum Gasteiger partial charge on any atom is -0.493 e. The Morgan fingerprint density at radius 2 is 1.83 bits per heavy atom. The lowest BCUT2D eigenvalue weighted by Crippen LogP contribution is -2.49. The number of aromatic amines is 1. The molecule has 0 aliphatic rings. The number of carboxylic acid groups (broad SMARTS) is 1. The third kappa shape index (κ3) is 6.37. The zero-order chi connectivity index (χ0) is 25.5. The Kier molecular flexibility index (Phi) is 7.71. The molecule has 0 saturated heterocycles. The van der Waals surface area contributed by atoms with Gasteiger partial charge in [0, 0.05) is 25.1 Å². The molecular weight excluding hydrogens is 458 g/mol. The number of nitrogens with two attached hydrogens (primary N) is 2. The van der Waals surface area contributed by atoms with Gasteiger partial charge < -0.3 is 37.3 Å². The van der Waals surface area contributed by atoms with Gasteiger partial charge in [0.1, 0.15) is 12.6 Å². The van der Waals surface area contributed by atoms with Crippen LogP contribution in [0.3, 0.4) is 0 Å². The molecule has 35 heavy (non-hydrogen) atoms. The van der Waals surface area contributed by atoms with Gasteiger partial charge >= 0.3 is 11.7 Å². The lowest BCUT2D eigenvalue weighted by Gasteiger charge is -2.16. The maximum Gasteiger partial charge on any atom is 0.329 e. The van der Waals surface area contributed by atoms with Crippen LogP contribution in [0.4, 0.5) is 0 Å². The van der Waals surface area contributed by atoms with E-state index >= 15 is 0 Å². The van der Waals surface area contributed by atoms with Crippen molar-refractivity contribution in [3.8, 4) is 5.88 Å². The quantitative estimate of drug-likeness (QED) is 0.138. The number of benzene rings is 2. The highest BCUT2D eigenvalue weighted by Gasteiger charge is 2.22. The number of carbonyl (C=O) groups is 3. The molecule has 9 N–H and O–H groups in total. The Labute approximate surface area is 198 Å². The number of guanidine groups is 1. The Hall–Kier alpha value is -4.81. The van der Waals surface area contributed by atoms with Gasteiger partial charge in [-0.05, 0) is 22.9 Å². The number of imidazole rings is 1. The molecule has 1 heterocycles. The summed E-state index contributed by atoms with van der Waals surface area (Å²) in [6.07, 6.45) is 0.121. The number of aromatic hydroxyl groups is 1. The third-order valence-corrected chi connectivity index (χ3v) is 5.10. The minimum atomic E-state index is -1.43. The number of nitrogens with zero attached hydrogens (tertiary/aromatic N) is 2. The van der Waals surface area contributed by atoms with Gasteiger partial charge in [0.05, 0.1) is 5.69 Å². The number of carbonyl (C=O) groups excluding carboxylic acids is 2. The van der Waals surface area contributed by atoms with Crippen LogP contribution >= 0.6 is 0 Å². The number of amides is 2. The Morgan fingerprint density at radius 1 is 1.11 bits per heavy atom. The van der Waals surface area contributed by atoms with Gasteiger partial charge in [-0.1, -0.05) is 30.3 Å². The predicted molar refractivity (Wildman–Crippen MR) is 127 cm³/mol. The van der Waals surface area contributed by atoms with E-state index < -0.39 is 48.5 Å². The molecule has 2 amide bonds. The molecule has 13 heteroatoms. The fourth-order valence-corrected chi connectivity index (χ4v) is 3.32. The summed E-state index contributed by atoms with van der Waals surface area (Å²) in [6, 6.07) is 10.9. The van der Waals surface area contributed by atoms with E-state index in [9.17, 15) is 29.4 Å². The second-order valence-electron chi connectivity index (χ2n) is 7.61. The van der Waals surface area contributed by atoms with Crippen molar-refractivity contribution in [3.05, 3.63) is 64.2 Å². The molecule has 0 radical (unpaired) electrons. The number of H-pyrrole nitrogens is 1. The lowest BCUT2D eigenvalue weighted by atomic mass is 10.1. The first-order chi connectivity index (χ1) is 16.7. The molecule has 1 aromatic heterocycles. The van der Waals surface area contributed by atoms with E-state index in [1.807, 2.05) is 24.3 Å². The van der Waals surface area contributed by atoms with E-state index in [-0.39, 0.29) is 30.2 Å². The van der Waals surface area contributed by atoms with Crippen LogP contribution in [0.5, 0.6) is 5.88 Å². The van der Waals surface area contributed by atoms with Crippen molar-refractivity contribution in [2.24, 2.45) is 16.5 Å². The van der Waals surface area contributed by atoms with Gasteiger partial charge in [0.2, 0.25) is 11.8 Å². The Balaban J connectivity index is 1.60. The van der Waals surface area contributed by atoms with Crippen LogP contribution in [-0.2, 0) is 22.6 Å². The van der Waals surface area contributed by atoms with Crippen LogP contribution < -0.4 is 27.8 Å². The molecule has 1 atom stereocenters. The topological polar surface area (TPSA) is 218 Å². The van der Waals surface area contributed by atoms with Crippen molar-refractivity contribution in [1.82, 2.24) is 20.2 Å². The molecule has 0 aliphatic carbocycles. The SMILES string of the molecule is NC(N)=NCCc1[nH]c(=O)n(CC(=O)NCC(NC(=O)c2ccc3ccccc3c2)C(=O)O)c1O. The van der Waals surface area contributed by atoms with Crippen molar-refractivity contribution in [2.45, 2.75) is 19.0 Å². The summed E-state index contributed by atoms with van der Waals surface area (Å²) in [4.78, 5) is 54.7. The first-order valence-corrected chi connectivity index (χ1v) is 10.5. The molecular formula is C22H25N7O6. The third-order valence-electron chi connectivity index (χ3n) is 5.10. The number of nitrogens with one attached hydrogen (secondary N) is 3. The summed E-state index contributed by atoms with van der Waals surface area (Å²) in [7, 11) is 0. The molecule has 0 saturated carbocycles. The van der Waals surface area contributed by atoms with Crippen LogP contribution in [0.25, 0.3) is 10.8 Å². The minimum absolute atomic E-state index is 0.110. The van der Waals surface area contributed by atoms with Gasteiger partial charge in [-0.25, -0.2) is 9.59 Å². The van der Waals surface area contributed by atoms with E-state index in [1.54, 1.807) is 18.2 Å². The summed E-state index contributed by atoms with van der Waals surface area (Å²) in [5.74, 6) is -3.34. The number of aliphatic imine (C=N–C) groups is 1. The van der Waals surface area contributed by atoms with E-state index in [0.29, 0.717) is 0 Å². The fourth-order valence-electron chi connectivity index (χ4n) is 3.32. The normalized spacial score (nSPS) is 11.5. The van der Waals surface area contributed by atoms with E-state index in [2.05, 4.69) is 20.6 Å². The van der Waals surface area contributed by atoms with E-state index in [1.165, 1.54) is 0 Å². The summed E-state index contributed by atoms with van der Waals surface area (Å²) in [5.41, 5.74) is 10.1. The largest absolute Gasteiger partial charge is 0.493 e. The fraction of sp³-hybridized carbons (Fsp3) is 0.227. The van der Waals surface area contributed by atoms with Crippen molar-refractivity contribution >= 4 is 34.5 Å². The highest BCUT2D eigenvalue weighted by Crippen LogP contribution is 2.16. The van der Waals surface area contributed by atoms with Crippen molar-refractivity contribution in [3.63, 3.8) is 0 Å². The predicted octanol–water partition coefficient (Wildman–Crippen LogP) is -1.15. The molecule has 0 bridgehead atoms. The molecule has 13 nitrogen and oxygen atoms in total. The summed E-state index contributed by atoms with van der Waals surface area (Å²) in [6.45, 7) is -0.904. The van der Waals surface area contributed by atoms with Gasteiger partial charge in [0.25, 0.3) is 5.91 Å². The average molecular weight is 483 g/mol. The summed E-state index contributed by atoms with van der Waals surface area (Å²) in [5, 5.41) is 26.1. The molecule has 1 unspecified atom stereocenters. The first kappa shape index (κ1) is 24.8. The van der Waals surface area contributed by atoms with Gasteiger partial charge in [-0.15, -0.1) is 0 Å². The molecule has 0 fully saturated rings. The van der Waals surface area contributed by atoms with Crippen LogP contribution in [0.1, 0.15) is 16.1 Å². The van der Waals surface area contributed by atoms with Crippen molar-refractivity contribution in [2.75, 3.05) is 13.1 Å². The van der Waals surface area contributed by atoms with Crippen LogP contribution in [0.2, 0.25) is 0 Å². The second-order valence-corrected chi connectivity index (χ2v) is 7.61. The zero-order valence-electron chi connectivity index (χ0n) is 18.5. The molecule has 3 aromatic rings. The maximum absolute atomic E-state index is 12.6. The van der Waals surface area contributed by atoms with E-state index in [0.717, 1.165) is 15.3 Å². The summed E-state index contributed by atoms with van der Waals surface area (Å²) < 4.78 is 0.781. The van der Waals surface area contributed by atoms with Crippen molar-refractivity contribution < 1.29 is 24.6 Å². The highest BCUT2D eigenvalue weighted by atomic mass is 16.4. The molecule has 0 spiro atoms. The molecule has 3 rings (SSSR count). The molecule has 184 valence electrons. The number of fused-ring (bicyclic) bond motifs is 1. The first-order valence-electron chi connectivity index (χ1n) is 10.5. The van der Waals surface area contributed by atoms with Crippen LogP contribution in [0, 0.1) is 0 Å². The van der Waals surface area contributed by atoms with Crippen LogP contribution in [-0.4, -0.2) is 62.6 Å². The number of hydrogen-bond donors (Lipinski definition) is 7. The lowest BCUT2D eigenvalue weighted by molar-refractivity contribution is -0.139. The number of hydrogen-bond acceptors (Lipinski definition) is 6. The van der Waals surface area contributed by atoms with E-state index in [4.69, 9.17) is 11.5 Å². The van der Waals surface area contributed by atoms with Gasteiger partial charge in [-0.2, -0.15) is 0 Å². The Morgan fingerprint density at radius 3 is 2.51 bits per heavy atom. The maximum atomic E-state index is 12.6. The summed E-state index contributed by atoms with van der Waals surface area (Å²) >= 11 is 0. The molecule has 0 aliphatic heterocycles. The number of carboxylic acids is 1. The monoisotopic (exact) mass is 483 g/mol. The van der Waals surface area contributed by atoms with Gasteiger partial charge in [-0.3, -0.25) is 19.1 Å². The Bertz CT molecular complexity index is 1340. The highest BCUT2D eigenvalue weighted by molar-refractivity contribution is 6.00. The number of aliphatic carboxylic acids is 1. The van der Waals surface area contributed by atoms with Crippen molar-refractivity contribution in [1.29, 1.82) is 0 Å². The number of aromatic nitrogens is 2. The number of rotatable bonds is 10. The molecule has 2 aromatic carbocycles.